The van der Waals surface area contributed by atoms with Crippen LogP contribution in [0.15, 0.2) is 72.8 Å². The molecule has 0 aromatic heterocycles. The lowest BCUT2D eigenvalue weighted by Crippen LogP contribution is -2.48. The molecular formula is C28H29ClN4O2. The van der Waals surface area contributed by atoms with Crippen LogP contribution in [0.4, 0.5) is 11.4 Å². The number of hydrogen-bond acceptors (Lipinski definition) is 4. The Balaban J connectivity index is 1.29. The molecule has 0 bridgehead atoms. The first-order valence-electron chi connectivity index (χ1n) is 12.1. The van der Waals surface area contributed by atoms with Crippen molar-refractivity contribution < 1.29 is 9.59 Å². The highest BCUT2D eigenvalue weighted by molar-refractivity contribution is 6.30. The molecule has 0 aliphatic carbocycles. The van der Waals surface area contributed by atoms with Crippen LogP contribution in [0.25, 0.3) is 0 Å². The Morgan fingerprint density at radius 3 is 2.51 bits per heavy atom. The highest BCUT2D eigenvalue weighted by atomic mass is 35.5. The van der Waals surface area contributed by atoms with Gasteiger partial charge in [0, 0.05) is 65.8 Å². The molecular weight excluding hydrogens is 460 g/mol. The van der Waals surface area contributed by atoms with Crippen molar-refractivity contribution in [2.45, 2.75) is 19.5 Å². The van der Waals surface area contributed by atoms with Gasteiger partial charge in [0.25, 0.3) is 11.8 Å². The number of rotatable bonds is 6. The van der Waals surface area contributed by atoms with Crippen LogP contribution < -0.4 is 10.2 Å². The van der Waals surface area contributed by atoms with E-state index in [0.717, 1.165) is 47.0 Å². The molecule has 180 valence electrons. The molecule has 2 aliphatic rings. The molecule has 0 spiro atoms. The van der Waals surface area contributed by atoms with E-state index >= 15 is 0 Å². The first kappa shape index (κ1) is 23.2. The summed E-state index contributed by atoms with van der Waals surface area (Å²) in [5.74, 6) is 0.0671. The predicted octanol–water partition coefficient (Wildman–Crippen LogP) is 5.28. The van der Waals surface area contributed by atoms with Gasteiger partial charge >= 0.3 is 0 Å². The molecule has 6 nitrogen and oxygen atoms in total. The van der Waals surface area contributed by atoms with Crippen molar-refractivity contribution in [3.05, 3.63) is 94.5 Å². The Bertz CT molecular complexity index is 1240. The number of nitrogens with zero attached hydrogens (tertiary/aromatic N) is 3. The van der Waals surface area contributed by atoms with Gasteiger partial charge in [-0.25, -0.2) is 0 Å². The molecule has 2 aliphatic heterocycles. The van der Waals surface area contributed by atoms with Gasteiger partial charge in [-0.2, -0.15) is 0 Å². The molecule has 0 saturated carbocycles. The van der Waals surface area contributed by atoms with Gasteiger partial charge in [-0.15, -0.1) is 0 Å². The maximum Gasteiger partial charge on any atom is 0.256 e. The second kappa shape index (κ2) is 10.0. The summed E-state index contributed by atoms with van der Waals surface area (Å²) in [5.41, 5.74) is 4.26. The highest BCUT2D eigenvalue weighted by Crippen LogP contribution is 2.34. The van der Waals surface area contributed by atoms with Gasteiger partial charge in [-0.1, -0.05) is 48.9 Å². The molecule has 1 N–H and O–H groups in total. The van der Waals surface area contributed by atoms with E-state index in [1.807, 2.05) is 82.6 Å². The van der Waals surface area contributed by atoms with E-state index < -0.39 is 0 Å². The minimum absolute atomic E-state index is 0.0210. The summed E-state index contributed by atoms with van der Waals surface area (Å²) in [7, 11) is 0. The fourth-order valence-corrected chi connectivity index (χ4v) is 5.10. The summed E-state index contributed by atoms with van der Waals surface area (Å²) in [6.45, 7) is 5.56. The van der Waals surface area contributed by atoms with E-state index in [4.69, 9.17) is 11.6 Å². The lowest BCUT2D eigenvalue weighted by atomic mass is 10.1. The Labute approximate surface area is 211 Å². The molecule has 35 heavy (non-hydrogen) atoms. The van der Waals surface area contributed by atoms with Crippen LogP contribution in [-0.2, 0) is 0 Å². The van der Waals surface area contributed by atoms with Crippen LogP contribution in [0.1, 0.15) is 45.8 Å². The van der Waals surface area contributed by atoms with E-state index in [2.05, 4.69) is 17.1 Å². The minimum Gasteiger partial charge on any atom is -0.368 e. The highest BCUT2D eigenvalue weighted by Gasteiger charge is 2.35. The maximum absolute atomic E-state index is 13.3. The first-order chi connectivity index (χ1) is 17.0. The zero-order valence-electron chi connectivity index (χ0n) is 19.8. The number of benzene rings is 3. The zero-order chi connectivity index (χ0) is 24.4. The van der Waals surface area contributed by atoms with E-state index in [1.54, 1.807) is 0 Å². The van der Waals surface area contributed by atoms with E-state index in [0.29, 0.717) is 25.2 Å². The fraction of sp³-hybridized carbons (Fsp3) is 0.286. The summed E-state index contributed by atoms with van der Waals surface area (Å²) in [6.07, 6.45) is 0.627. The van der Waals surface area contributed by atoms with Gasteiger partial charge in [-0.05, 0) is 48.9 Å². The van der Waals surface area contributed by atoms with E-state index in [9.17, 15) is 9.59 Å². The topological polar surface area (TPSA) is 55.9 Å². The third kappa shape index (κ3) is 4.71. The van der Waals surface area contributed by atoms with Crippen molar-refractivity contribution in [1.29, 1.82) is 0 Å². The van der Waals surface area contributed by atoms with Crippen molar-refractivity contribution in [3.63, 3.8) is 0 Å². The number of anilines is 2. The Hall–Kier alpha value is -3.51. The second-order valence-corrected chi connectivity index (χ2v) is 9.41. The standard InChI is InChI=1S/C28H29ClN4O2/c1-2-13-33-26(24-11-3-4-12-25(24)28(33)35)30-22-9-5-7-20(18-22)27(34)32-16-14-31(15-17-32)23-10-6-8-21(29)19-23/h3-12,18-19,26,30H,2,13-17H2,1H3. The van der Waals surface area contributed by atoms with Crippen molar-refractivity contribution in [3.8, 4) is 0 Å². The van der Waals surface area contributed by atoms with Crippen LogP contribution in [0.3, 0.4) is 0 Å². The van der Waals surface area contributed by atoms with Crippen molar-refractivity contribution >= 4 is 34.8 Å². The largest absolute Gasteiger partial charge is 0.368 e. The van der Waals surface area contributed by atoms with Gasteiger partial charge in [-0.3, -0.25) is 9.59 Å². The average molecular weight is 489 g/mol. The van der Waals surface area contributed by atoms with Crippen molar-refractivity contribution in [2.24, 2.45) is 0 Å². The first-order valence-corrected chi connectivity index (χ1v) is 12.5. The fourth-order valence-electron chi connectivity index (χ4n) is 4.92. The summed E-state index contributed by atoms with van der Waals surface area (Å²) in [5, 5.41) is 4.23. The zero-order valence-corrected chi connectivity index (χ0v) is 20.5. The number of piperazine rings is 1. The Morgan fingerprint density at radius 2 is 1.74 bits per heavy atom. The third-order valence-corrected chi connectivity index (χ3v) is 6.91. The molecule has 3 aromatic rings. The number of halogens is 1. The normalized spacial score (nSPS) is 17.5. The number of nitrogens with one attached hydrogen (secondary N) is 1. The van der Waals surface area contributed by atoms with E-state index in [1.165, 1.54) is 0 Å². The molecule has 1 unspecified atom stereocenters. The molecule has 7 heteroatoms. The summed E-state index contributed by atoms with van der Waals surface area (Å²) in [6, 6.07) is 23.1. The van der Waals surface area contributed by atoms with Gasteiger partial charge in [0.1, 0.15) is 6.17 Å². The van der Waals surface area contributed by atoms with Gasteiger partial charge in [0.05, 0.1) is 0 Å². The number of hydrogen-bond donors (Lipinski definition) is 1. The van der Waals surface area contributed by atoms with Crippen molar-refractivity contribution in [2.75, 3.05) is 42.9 Å². The minimum atomic E-state index is -0.245. The van der Waals surface area contributed by atoms with Crippen LogP contribution in [0.5, 0.6) is 0 Å². The van der Waals surface area contributed by atoms with Gasteiger partial charge in [0.2, 0.25) is 0 Å². The van der Waals surface area contributed by atoms with Crippen molar-refractivity contribution in [1.82, 2.24) is 9.80 Å². The van der Waals surface area contributed by atoms with Crippen LogP contribution in [0.2, 0.25) is 5.02 Å². The summed E-state index contributed by atoms with van der Waals surface area (Å²) >= 11 is 6.14. The molecule has 2 heterocycles. The quantitative estimate of drug-likeness (QED) is 0.513. The maximum atomic E-state index is 13.3. The lowest BCUT2D eigenvalue weighted by Gasteiger charge is -2.36. The van der Waals surface area contributed by atoms with Crippen LogP contribution in [0, 0.1) is 0 Å². The molecule has 1 fully saturated rings. The summed E-state index contributed by atoms with van der Waals surface area (Å²) in [4.78, 5) is 32.3. The lowest BCUT2D eigenvalue weighted by molar-refractivity contribution is 0.0735. The number of amides is 2. The number of carbonyl (C=O) groups is 2. The predicted molar refractivity (Wildman–Crippen MR) is 140 cm³/mol. The monoisotopic (exact) mass is 488 g/mol. The van der Waals surface area contributed by atoms with Crippen LogP contribution >= 0.6 is 11.6 Å². The number of carbonyl (C=O) groups excluding carboxylic acids is 2. The third-order valence-electron chi connectivity index (χ3n) is 6.68. The Kier molecular flexibility index (Phi) is 6.64. The second-order valence-electron chi connectivity index (χ2n) is 8.97. The molecule has 3 aromatic carbocycles. The van der Waals surface area contributed by atoms with Gasteiger partial charge in [0.15, 0.2) is 0 Å². The van der Waals surface area contributed by atoms with E-state index in [-0.39, 0.29) is 18.0 Å². The Morgan fingerprint density at radius 1 is 0.971 bits per heavy atom. The average Bonchev–Trinajstić information content (AvgIpc) is 3.15. The molecule has 0 radical (unpaired) electrons. The molecule has 5 rings (SSSR count). The smallest absolute Gasteiger partial charge is 0.256 e. The molecule has 1 saturated heterocycles. The molecule has 2 amide bonds. The SMILES string of the molecule is CCCN1C(=O)c2ccccc2C1Nc1cccc(C(=O)N2CCN(c3cccc(Cl)c3)CC2)c1. The van der Waals surface area contributed by atoms with Crippen LogP contribution in [-0.4, -0.2) is 54.3 Å². The summed E-state index contributed by atoms with van der Waals surface area (Å²) < 4.78 is 0. The molecule has 1 atom stereocenters. The van der Waals surface area contributed by atoms with Gasteiger partial charge < -0.3 is 20.0 Å². The number of fused-ring (bicyclic) bond motifs is 1.